The highest BCUT2D eigenvalue weighted by Gasteiger charge is 2.21. The molecule has 2 rings (SSSR count). The molecule has 0 heterocycles. The second-order valence-electron chi connectivity index (χ2n) is 6.25. The van der Waals surface area contributed by atoms with Crippen molar-refractivity contribution in [1.82, 2.24) is 5.32 Å². The first-order valence-electron chi connectivity index (χ1n) is 8.23. The minimum absolute atomic E-state index is 0.110. The molecule has 0 aromatic heterocycles. The van der Waals surface area contributed by atoms with Crippen molar-refractivity contribution < 1.29 is 9.13 Å². The second-order valence-corrected chi connectivity index (χ2v) is 6.25. The van der Waals surface area contributed by atoms with Crippen LogP contribution in [0, 0.1) is 11.7 Å². The fourth-order valence-corrected chi connectivity index (χ4v) is 3.44. The van der Waals surface area contributed by atoms with Crippen LogP contribution in [0.5, 0.6) is 5.75 Å². The maximum Gasteiger partial charge on any atom is 0.123 e. The number of ether oxygens (including phenoxy) is 1. The third-order valence-electron chi connectivity index (χ3n) is 4.81. The van der Waals surface area contributed by atoms with Gasteiger partial charge in [0.25, 0.3) is 0 Å². The number of nitrogens with one attached hydrogen (secondary N) is 1. The van der Waals surface area contributed by atoms with E-state index in [1.165, 1.54) is 44.6 Å². The summed E-state index contributed by atoms with van der Waals surface area (Å²) < 4.78 is 18.9. The van der Waals surface area contributed by atoms with Crippen molar-refractivity contribution >= 4 is 0 Å². The predicted molar refractivity (Wildman–Crippen MR) is 85.2 cm³/mol. The van der Waals surface area contributed by atoms with Crippen LogP contribution in [0.25, 0.3) is 0 Å². The fraction of sp³-hybridized carbons (Fsp3) is 0.667. The average molecular weight is 293 g/mol. The molecule has 1 N–H and O–H groups in total. The Balaban J connectivity index is 2.00. The molecule has 0 bridgehead atoms. The van der Waals surface area contributed by atoms with Crippen LogP contribution in [0.3, 0.4) is 0 Å². The molecule has 1 aromatic rings. The summed E-state index contributed by atoms with van der Waals surface area (Å²) in [5, 5.41) is 3.68. The minimum Gasteiger partial charge on any atom is -0.496 e. The van der Waals surface area contributed by atoms with E-state index in [1.807, 2.05) is 0 Å². The number of methoxy groups -OCH3 is 1. The summed E-state index contributed by atoms with van der Waals surface area (Å²) in [5.41, 5.74) is 0.911. The van der Waals surface area contributed by atoms with Gasteiger partial charge in [-0.3, -0.25) is 0 Å². The lowest BCUT2D eigenvalue weighted by Gasteiger charge is -2.24. The van der Waals surface area contributed by atoms with Crippen molar-refractivity contribution in [2.75, 3.05) is 7.11 Å². The zero-order valence-electron chi connectivity index (χ0n) is 13.5. The number of halogens is 1. The van der Waals surface area contributed by atoms with Crippen LogP contribution in [0.1, 0.15) is 64.0 Å². The Morgan fingerprint density at radius 3 is 2.81 bits per heavy atom. The van der Waals surface area contributed by atoms with Gasteiger partial charge < -0.3 is 10.1 Å². The monoisotopic (exact) mass is 293 g/mol. The molecule has 0 amide bonds. The molecule has 21 heavy (non-hydrogen) atoms. The summed E-state index contributed by atoms with van der Waals surface area (Å²) in [4.78, 5) is 0. The van der Waals surface area contributed by atoms with E-state index in [4.69, 9.17) is 4.74 Å². The van der Waals surface area contributed by atoms with E-state index in [0.717, 1.165) is 17.2 Å². The summed E-state index contributed by atoms with van der Waals surface area (Å²) in [6, 6.07) is 5.39. The lowest BCUT2D eigenvalue weighted by Crippen LogP contribution is -2.31. The molecule has 0 spiro atoms. The molecule has 3 heteroatoms. The first-order chi connectivity index (χ1) is 10.1. The third-order valence-corrected chi connectivity index (χ3v) is 4.81. The van der Waals surface area contributed by atoms with Crippen LogP contribution in [-0.2, 0) is 0 Å². The van der Waals surface area contributed by atoms with Crippen LogP contribution in [0.4, 0.5) is 4.39 Å². The van der Waals surface area contributed by atoms with Gasteiger partial charge in [0.2, 0.25) is 0 Å². The van der Waals surface area contributed by atoms with Crippen molar-refractivity contribution in [1.29, 1.82) is 0 Å². The molecule has 0 aliphatic heterocycles. The predicted octanol–water partition coefficient (Wildman–Crippen LogP) is 4.84. The average Bonchev–Trinajstić information content (AvgIpc) is 2.72. The summed E-state index contributed by atoms with van der Waals surface area (Å²) in [6.45, 7) is 4.39. The maximum absolute atomic E-state index is 13.5. The van der Waals surface area contributed by atoms with E-state index in [2.05, 4.69) is 19.2 Å². The lowest BCUT2D eigenvalue weighted by atomic mass is 9.97. The summed E-state index contributed by atoms with van der Waals surface area (Å²) in [6.07, 6.45) is 7.69. The zero-order valence-corrected chi connectivity index (χ0v) is 13.5. The molecule has 3 unspecified atom stereocenters. The summed E-state index contributed by atoms with van der Waals surface area (Å²) in [5.74, 6) is 1.44. The highest BCUT2D eigenvalue weighted by atomic mass is 19.1. The van der Waals surface area contributed by atoms with E-state index in [-0.39, 0.29) is 11.9 Å². The molecular weight excluding hydrogens is 265 g/mol. The number of rotatable bonds is 5. The van der Waals surface area contributed by atoms with Crippen molar-refractivity contribution in [3.8, 4) is 5.75 Å². The van der Waals surface area contributed by atoms with Gasteiger partial charge in [0.05, 0.1) is 7.11 Å². The van der Waals surface area contributed by atoms with E-state index >= 15 is 0 Å². The Bertz CT molecular complexity index is 449. The quantitative estimate of drug-likeness (QED) is 0.784. The summed E-state index contributed by atoms with van der Waals surface area (Å²) >= 11 is 0. The van der Waals surface area contributed by atoms with E-state index < -0.39 is 0 Å². The topological polar surface area (TPSA) is 21.3 Å². The highest BCUT2D eigenvalue weighted by Crippen LogP contribution is 2.29. The smallest absolute Gasteiger partial charge is 0.123 e. The Morgan fingerprint density at radius 1 is 1.29 bits per heavy atom. The van der Waals surface area contributed by atoms with Gasteiger partial charge in [0.15, 0.2) is 0 Å². The van der Waals surface area contributed by atoms with Crippen molar-refractivity contribution in [3.63, 3.8) is 0 Å². The molecule has 1 aliphatic rings. The van der Waals surface area contributed by atoms with Crippen molar-refractivity contribution in [2.24, 2.45) is 5.92 Å². The standard InChI is InChI=1S/C18H28FNO/c1-4-14-6-5-7-16(10-8-14)20-13(2)17-12-15(19)9-11-18(17)21-3/h9,11-14,16,20H,4-8,10H2,1-3H3. The minimum atomic E-state index is -0.202. The molecule has 118 valence electrons. The fourth-order valence-electron chi connectivity index (χ4n) is 3.44. The van der Waals surface area contributed by atoms with Crippen LogP contribution in [0.15, 0.2) is 18.2 Å². The van der Waals surface area contributed by atoms with E-state index in [1.54, 1.807) is 19.2 Å². The first kappa shape index (κ1) is 16.3. The maximum atomic E-state index is 13.5. The van der Waals surface area contributed by atoms with Crippen LogP contribution in [0.2, 0.25) is 0 Å². The van der Waals surface area contributed by atoms with Gasteiger partial charge in [-0.1, -0.05) is 26.2 Å². The molecule has 3 atom stereocenters. The van der Waals surface area contributed by atoms with Crippen LogP contribution < -0.4 is 10.1 Å². The molecular formula is C18H28FNO. The largest absolute Gasteiger partial charge is 0.496 e. The van der Waals surface area contributed by atoms with Crippen LogP contribution in [-0.4, -0.2) is 13.2 Å². The molecule has 1 aromatic carbocycles. The molecule has 1 aliphatic carbocycles. The van der Waals surface area contributed by atoms with Gasteiger partial charge in [-0.15, -0.1) is 0 Å². The van der Waals surface area contributed by atoms with Gasteiger partial charge in [-0.25, -0.2) is 4.39 Å². The van der Waals surface area contributed by atoms with E-state index in [9.17, 15) is 4.39 Å². The molecule has 0 saturated heterocycles. The normalized spacial score (nSPS) is 24.4. The second kappa shape index (κ2) is 7.79. The van der Waals surface area contributed by atoms with Gasteiger partial charge in [-0.05, 0) is 50.3 Å². The van der Waals surface area contributed by atoms with Crippen molar-refractivity contribution in [3.05, 3.63) is 29.6 Å². The third kappa shape index (κ3) is 4.44. The molecule has 2 nitrogen and oxygen atoms in total. The van der Waals surface area contributed by atoms with Gasteiger partial charge in [0.1, 0.15) is 11.6 Å². The Labute approximate surface area is 128 Å². The Morgan fingerprint density at radius 2 is 2.10 bits per heavy atom. The SMILES string of the molecule is CCC1CCCC(NC(C)c2cc(F)ccc2OC)CC1. The van der Waals surface area contributed by atoms with Gasteiger partial charge in [0, 0.05) is 17.6 Å². The number of hydrogen-bond acceptors (Lipinski definition) is 2. The van der Waals surface area contributed by atoms with Gasteiger partial charge in [-0.2, -0.15) is 0 Å². The Hall–Kier alpha value is -1.09. The zero-order chi connectivity index (χ0) is 15.2. The number of hydrogen-bond donors (Lipinski definition) is 1. The molecule has 1 fully saturated rings. The lowest BCUT2D eigenvalue weighted by molar-refractivity contribution is 0.375. The van der Waals surface area contributed by atoms with E-state index in [0.29, 0.717) is 6.04 Å². The number of benzene rings is 1. The molecule has 1 saturated carbocycles. The Kier molecular flexibility index (Phi) is 6.04. The highest BCUT2D eigenvalue weighted by molar-refractivity contribution is 5.36. The van der Waals surface area contributed by atoms with Crippen molar-refractivity contribution in [2.45, 2.75) is 64.5 Å². The molecule has 0 radical (unpaired) electrons. The van der Waals surface area contributed by atoms with Gasteiger partial charge >= 0.3 is 0 Å². The summed E-state index contributed by atoms with van der Waals surface area (Å²) in [7, 11) is 1.64. The van der Waals surface area contributed by atoms with Crippen LogP contribution >= 0.6 is 0 Å². The first-order valence-corrected chi connectivity index (χ1v) is 8.23.